The third kappa shape index (κ3) is 3.60. The highest BCUT2D eigenvalue weighted by molar-refractivity contribution is 6.07. The van der Waals surface area contributed by atoms with E-state index in [1.807, 2.05) is 66.7 Å². The molecule has 2 aliphatic heterocycles. The van der Waals surface area contributed by atoms with Crippen LogP contribution in [0.1, 0.15) is 17.2 Å². The second kappa shape index (κ2) is 8.60. The molecule has 2 amide bonds. The molecule has 7 heteroatoms. The van der Waals surface area contributed by atoms with E-state index in [2.05, 4.69) is 0 Å². The van der Waals surface area contributed by atoms with Crippen LogP contribution in [0.5, 0.6) is 11.5 Å². The Morgan fingerprint density at radius 3 is 2.21 bits per heavy atom. The number of rotatable bonds is 6. The predicted octanol–water partition coefficient (Wildman–Crippen LogP) is 3.75. The summed E-state index contributed by atoms with van der Waals surface area (Å²) < 4.78 is 11.1. The topological polar surface area (TPSA) is 68.3 Å². The summed E-state index contributed by atoms with van der Waals surface area (Å²) in [5, 5.41) is 1.66. The summed E-state index contributed by atoms with van der Waals surface area (Å²) in [5.74, 6) is -0.100. The van der Waals surface area contributed by atoms with E-state index >= 15 is 0 Å². The standard InChI is InChI=1S/C26H24N2O5/c1-31-19-13-14-21(32-2)20(15-19)23-22-24(33-28(23)18-11-7-4-8-12-18)26(30)27(25(22)29)16-17-9-5-3-6-10-17/h3-15,22-24H,16H2,1-2H3/t22-,23-,24-/m1/s1. The van der Waals surface area contributed by atoms with E-state index in [4.69, 9.17) is 14.3 Å². The molecule has 0 spiro atoms. The number of amides is 2. The zero-order valence-corrected chi connectivity index (χ0v) is 18.4. The van der Waals surface area contributed by atoms with Gasteiger partial charge in [-0.05, 0) is 35.9 Å². The highest BCUT2D eigenvalue weighted by Gasteiger charge is 2.60. The number of fused-ring (bicyclic) bond motifs is 1. The second-order valence-corrected chi connectivity index (χ2v) is 8.01. The molecule has 0 saturated carbocycles. The van der Waals surface area contributed by atoms with Gasteiger partial charge in [0.2, 0.25) is 5.91 Å². The zero-order chi connectivity index (χ0) is 22.9. The molecule has 2 heterocycles. The predicted molar refractivity (Wildman–Crippen MR) is 122 cm³/mol. The lowest BCUT2D eigenvalue weighted by atomic mass is 9.89. The van der Waals surface area contributed by atoms with Crippen LogP contribution in [0.15, 0.2) is 78.9 Å². The summed E-state index contributed by atoms with van der Waals surface area (Å²) in [6.45, 7) is 0.210. The minimum Gasteiger partial charge on any atom is -0.497 e. The third-order valence-corrected chi connectivity index (χ3v) is 6.16. The van der Waals surface area contributed by atoms with E-state index < -0.39 is 18.1 Å². The van der Waals surface area contributed by atoms with Gasteiger partial charge in [-0.15, -0.1) is 0 Å². The SMILES string of the molecule is COc1ccc(OC)c([C@@H]2[C@H]3C(=O)N(Cc4ccccc4)C(=O)[C@@H]3ON2c2ccccc2)c1. The minimum atomic E-state index is -0.915. The minimum absolute atomic E-state index is 0.210. The highest BCUT2D eigenvalue weighted by atomic mass is 16.7. The molecule has 168 valence electrons. The Morgan fingerprint density at radius 2 is 1.55 bits per heavy atom. The number of anilines is 1. The molecule has 0 aromatic heterocycles. The molecule has 3 atom stereocenters. The van der Waals surface area contributed by atoms with Gasteiger partial charge in [0.15, 0.2) is 6.10 Å². The molecule has 33 heavy (non-hydrogen) atoms. The maximum atomic E-state index is 13.6. The van der Waals surface area contributed by atoms with Crippen LogP contribution in [0.3, 0.4) is 0 Å². The van der Waals surface area contributed by atoms with Crippen molar-refractivity contribution in [1.29, 1.82) is 0 Å². The van der Waals surface area contributed by atoms with E-state index in [0.29, 0.717) is 11.5 Å². The Labute approximate surface area is 192 Å². The van der Waals surface area contributed by atoms with Crippen LogP contribution in [-0.4, -0.2) is 37.0 Å². The van der Waals surface area contributed by atoms with E-state index in [9.17, 15) is 9.59 Å². The van der Waals surface area contributed by atoms with Crippen molar-refractivity contribution in [1.82, 2.24) is 4.90 Å². The molecule has 0 aliphatic carbocycles. The van der Waals surface area contributed by atoms with Crippen molar-refractivity contribution in [2.75, 3.05) is 19.3 Å². The van der Waals surface area contributed by atoms with Crippen LogP contribution in [0.4, 0.5) is 5.69 Å². The first-order valence-corrected chi connectivity index (χ1v) is 10.7. The maximum Gasteiger partial charge on any atom is 0.262 e. The molecular weight excluding hydrogens is 420 g/mol. The molecule has 2 saturated heterocycles. The van der Waals surface area contributed by atoms with Crippen LogP contribution in [-0.2, 0) is 21.0 Å². The van der Waals surface area contributed by atoms with Crippen LogP contribution in [0, 0.1) is 5.92 Å². The Kier molecular flexibility index (Phi) is 5.48. The van der Waals surface area contributed by atoms with Crippen molar-refractivity contribution < 1.29 is 23.9 Å². The Hall–Kier alpha value is -3.84. The van der Waals surface area contributed by atoms with Gasteiger partial charge in [-0.2, -0.15) is 0 Å². The number of hydrogen-bond donors (Lipinski definition) is 0. The molecule has 3 aromatic carbocycles. The molecule has 0 bridgehead atoms. The van der Waals surface area contributed by atoms with Gasteiger partial charge < -0.3 is 9.47 Å². The fourth-order valence-corrected chi connectivity index (χ4v) is 4.58. The number of hydrogen-bond acceptors (Lipinski definition) is 6. The Balaban J connectivity index is 1.58. The third-order valence-electron chi connectivity index (χ3n) is 6.16. The van der Waals surface area contributed by atoms with Crippen molar-refractivity contribution in [2.24, 2.45) is 5.92 Å². The van der Waals surface area contributed by atoms with Gasteiger partial charge in [0, 0.05) is 5.56 Å². The number of methoxy groups -OCH3 is 2. The smallest absolute Gasteiger partial charge is 0.262 e. The number of para-hydroxylation sites is 1. The Bertz CT molecular complexity index is 1170. The molecule has 0 radical (unpaired) electrons. The molecule has 3 aromatic rings. The highest BCUT2D eigenvalue weighted by Crippen LogP contribution is 2.49. The molecule has 0 unspecified atom stereocenters. The summed E-state index contributed by atoms with van der Waals surface area (Å²) in [5.41, 5.74) is 2.35. The van der Waals surface area contributed by atoms with Crippen molar-refractivity contribution >= 4 is 17.5 Å². The van der Waals surface area contributed by atoms with E-state index in [0.717, 1.165) is 16.8 Å². The number of benzene rings is 3. The van der Waals surface area contributed by atoms with E-state index in [1.165, 1.54) is 4.90 Å². The number of imide groups is 1. The van der Waals surface area contributed by atoms with Crippen LogP contribution in [0.2, 0.25) is 0 Å². The maximum absolute atomic E-state index is 13.6. The van der Waals surface area contributed by atoms with Crippen LogP contribution >= 0.6 is 0 Å². The summed E-state index contributed by atoms with van der Waals surface area (Å²) in [4.78, 5) is 34.5. The van der Waals surface area contributed by atoms with Crippen LogP contribution < -0.4 is 14.5 Å². The van der Waals surface area contributed by atoms with E-state index in [1.54, 1.807) is 31.4 Å². The number of hydroxylamine groups is 1. The van der Waals surface area contributed by atoms with Crippen molar-refractivity contribution in [3.05, 3.63) is 90.0 Å². The molecule has 2 aliphatic rings. The van der Waals surface area contributed by atoms with Crippen LogP contribution in [0.25, 0.3) is 0 Å². The first-order valence-electron chi connectivity index (χ1n) is 10.7. The lowest BCUT2D eigenvalue weighted by Crippen LogP contribution is -2.37. The lowest BCUT2D eigenvalue weighted by molar-refractivity contribution is -0.143. The summed E-state index contributed by atoms with van der Waals surface area (Å²) in [7, 11) is 3.16. The van der Waals surface area contributed by atoms with Gasteiger partial charge in [0.1, 0.15) is 23.5 Å². The quantitative estimate of drug-likeness (QED) is 0.540. The molecular formula is C26H24N2O5. The van der Waals surface area contributed by atoms with Crippen molar-refractivity contribution in [3.63, 3.8) is 0 Å². The molecule has 0 N–H and O–H groups in total. The fraction of sp³-hybridized carbons (Fsp3) is 0.231. The molecule has 7 nitrogen and oxygen atoms in total. The first-order chi connectivity index (χ1) is 16.1. The summed E-state index contributed by atoms with van der Waals surface area (Å²) >= 11 is 0. The zero-order valence-electron chi connectivity index (χ0n) is 18.4. The first kappa shape index (κ1) is 21.0. The fourth-order valence-electron chi connectivity index (χ4n) is 4.58. The van der Waals surface area contributed by atoms with Gasteiger partial charge in [-0.1, -0.05) is 48.5 Å². The van der Waals surface area contributed by atoms with Crippen molar-refractivity contribution in [2.45, 2.75) is 18.7 Å². The monoisotopic (exact) mass is 444 g/mol. The van der Waals surface area contributed by atoms with Gasteiger partial charge in [-0.25, -0.2) is 5.06 Å². The van der Waals surface area contributed by atoms with Gasteiger partial charge >= 0.3 is 0 Å². The number of ether oxygens (including phenoxy) is 2. The van der Waals surface area contributed by atoms with Gasteiger partial charge in [0.05, 0.1) is 26.5 Å². The van der Waals surface area contributed by atoms with Crippen molar-refractivity contribution in [3.8, 4) is 11.5 Å². The summed E-state index contributed by atoms with van der Waals surface area (Å²) in [6, 6.07) is 23.8. The number of carbonyl (C=O) groups excluding carboxylic acids is 2. The second-order valence-electron chi connectivity index (χ2n) is 8.01. The normalized spacial score (nSPS) is 21.9. The summed E-state index contributed by atoms with van der Waals surface area (Å²) in [6.07, 6.45) is -0.915. The van der Waals surface area contributed by atoms with Gasteiger partial charge in [0.25, 0.3) is 5.91 Å². The number of nitrogens with zero attached hydrogens (tertiary/aromatic N) is 2. The number of likely N-dealkylation sites (tertiary alicyclic amines) is 1. The number of carbonyl (C=O) groups is 2. The average Bonchev–Trinajstić information content (AvgIpc) is 3.36. The van der Waals surface area contributed by atoms with Gasteiger partial charge in [-0.3, -0.25) is 19.3 Å². The molecule has 2 fully saturated rings. The van der Waals surface area contributed by atoms with E-state index in [-0.39, 0.29) is 18.4 Å². The lowest BCUT2D eigenvalue weighted by Gasteiger charge is -2.29. The average molecular weight is 444 g/mol. The Morgan fingerprint density at radius 1 is 0.848 bits per heavy atom. The largest absolute Gasteiger partial charge is 0.497 e. The molecule has 5 rings (SSSR count).